The van der Waals surface area contributed by atoms with Crippen LogP contribution in [-0.4, -0.2) is 80.2 Å². The summed E-state index contributed by atoms with van der Waals surface area (Å²) in [7, 11) is 1.85. The lowest BCUT2D eigenvalue weighted by atomic mass is 9.99. The first-order valence-corrected chi connectivity index (χ1v) is 13.4. The van der Waals surface area contributed by atoms with Gasteiger partial charge in [0.05, 0.1) is 36.8 Å². The number of piperidine rings is 1. The van der Waals surface area contributed by atoms with Crippen molar-refractivity contribution in [3.8, 4) is 11.3 Å². The number of aromatic nitrogens is 5. The normalized spacial score (nSPS) is 23.0. The minimum Gasteiger partial charge on any atom is -0.422 e. The number of aliphatic hydroxyl groups excluding tert-OH is 1. The molecule has 1 amide bonds. The Morgan fingerprint density at radius 2 is 1.90 bits per heavy atom. The van der Waals surface area contributed by atoms with Crippen molar-refractivity contribution in [2.45, 2.75) is 43.9 Å². The summed E-state index contributed by atoms with van der Waals surface area (Å²) < 4.78 is 13.3. The van der Waals surface area contributed by atoms with E-state index in [0.717, 1.165) is 18.4 Å². The fraction of sp³-hybridized carbons (Fsp3) is 0.444. The SMILES string of the molecule is Cn1cc(-c2cccc(NC(=O)c3cc4oc(N5CCOCC5)nc4nc3N3C4CCC3CC(O)C4)n2)cn1. The zero-order valence-electron chi connectivity index (χ0n) is 21.7. The van der Waals surface area contributed by atoms with Crippen molar-refractivity contribution in [1.29, 1.82) is 0 Å². The van der Waals surface area contributed by atoms with Crippen LogP contribution in [0.15, 0.2) is 41.1 Å². The van der Waals surface area contributed by atoms with Gasteiger partial charge in [0.25, 0.3) is 11.9 Å². The smallest absolute Gasteiger partial charge is 0.300 e. The number of amides is 1. The highest BCUT2D eigenvalue weighted by Gasteiger charge is 2.42. The molecular formula is C27H30N8O4. The molecule has 3 aliphatic rings. The topological polar surface area (TPSA) is 135 Å². The molecule has 0 spiro atoms. The number of morpholine rings is 1. The lowest BCUT2D eigenvalue weighted by molar-refractivity contribution is 0.102. The number of hydrogen-bond acceptors (Lipinski definition) is 10. The van der Waals surface area contributed by atoms with Crippen LogP contribution in [0.1, 0.15) is 36.0 Å². The second-order valence-corrected chi connectivity index (χ2v) is 10.5. The van der Waals surface area contributed by atoms with Gasteiger partial charge in [0, 0.05) is 50.0 Å². The van der Waals surface area contributed by atoms with Crippen LogP contribution in [0.25, 0.3) is 22.5 Å². The summed E-state index contributed by atoms with van der Waals surface area (Å²) >= 11 is 0. The first-order valence-electron chi connectivity index (χ1n) is 13.4. The Balaban J connectivity index is 1.26. The third-order valence-electron chi connectivity index (χ3n) is 7.82. The van der Waals surface area contributed by atoms with Gasteiger partial charge in [-0.1, -0.05) is 6.07 Å². The number of ether oxygens (including phenoxy) is 1. The molecule has 0 aliphatic carbocycles. The molecule has 4 aromatic heterocycles. The van der Waals surface area contributed by atoms with Crippen molar-refractivity contribution in [3.05, 3.63) is 42.2 Å². The summed E-state index contributed by atoms with van der Waals surface area (Å²) in [6.45, 7) is 2.57. The third-order valence-corrected chi connectivity index (χ3v) is 7.82. The van der Waals surface area contributed by atoms with E-state index in [1.807, 2.05) is 30.3 Å². The molecular weight excluding hydrogens is 500 g/mol. The highest BCUT2D eigenvalue weighted by molar-refractivity contribution is 6.09. The molecule has 2 atom stereocenters. The highest BCUT2D eigenvalue weighted by Crippen LogP contribution is 2.41. The summed E-state index contributed by atoms with van der Waals surface area (Å²) in [5.41, 5.74) is 2.88. The molecule has 2 N–H and O–H groups in total. The molecule has 3 aliphatic heterocycles. The minimum absolute atomic E-state index is 0.118. The fourth-order valence-electron chi connectivity index (χ4n) is 5.99. The van der Waals surface area contributed by atoms with Crippen molar-refractivity contribution in [1.82, 2.24) is 24.7 Å². The van der Waals surface area contributed by atoms with Crippen LogP contribution in [0.4, 0.5) is 17.7 Å². The number of carbonyl (C=O) groups excluding carboxylic acids is 1. The molecule has 12 nitrogen and oxygen atoms in total. The fourth-order valence-corrected chi connectivity index (χ4v) is 5.99. The lowest BCUT2D eigenvalue weighted by Crippen LogP contribution is -2.46. The van der Waals surface area contributed by atoms with E-state index in [0.29, 0.717) is 79.3 Å². The standard InChI is InChI=1S/C27H30N8O4/c1-33-15-16(14-28-33)21-3-2-4-23(29-21)30-26(37)20-13-22-24(32-27(39-22)34-7-9-38-10-8-34)31-25(20)35-17-5-6-18(35)12-19(36)11-17/h2-4,13-15,17-19,36H,5-12H2,1H3,(H,29,30,37). The first-order chi connectivity index (χ1) is 19.0. The number of fused-ring (bicyclic) bond motifs is 3. The second-order valence-electron chi connectivity index (χ2n) is 10.5. The van der Waals surface area contributed by atoms with Gasteiger partial charge in [0.2, 0.25) is 5.65 Å². The van der Waals surface area contributed by atoms with Crippen molar-refractivity contribution < 1.29 is 19.1 Å². The molecule has 4 aromatic rings. The van der Waals surface area contributed by atoms with Crippen LogP contribution in [-0.2, 0) is 11.8 Å². The van der Waals surface area contributed by atoms with E-state index in [9.17, 15) is 9.90 Å². The van der Waals surface area contributed by atoms with Crippen LogP contribution >= 0.6 is 0 Å². The maximum Gasteiger partial charge on any atom is 0.300 e. The second kappa shape index (κ2) is 9.62. The summed E-state index contributed by atoms with van der Waals surface area (Å²) in [4.78, 5) is 32.3. The van der Waals surface area contributed by atoms with Gasteiger partial charge < -0.3 is 29.4 Å². The molecule has 0 saturated carbocycles. The predicted octanol–water partition coefficient (Wildman–Crippen LogP) is 2.60. The van der Waals surface area contributed by atoms with Crippen LogP contribution in [0.5, 0.6) is 0 Å². The first kappa shape index (κ1) is 24.0. The maximum atomic E-state index is 13.8. The Morgan fingerprint density at radius 3 is 2.64 bits per heavy atom. The number of oxazole rings is 1. The van der Waals surface area contributed by atoms with E-state index in [1.165, 1.54) is 0 Å². The number of pyridine rings is 2. The number of carbonyl (C=O) groups is 1. The number of anilines is 3. The monoisotopic (exact) mass is 530 g/mol. The summed E-state index contributed by atoms with van der Waals surface area (Å²) in [5, 5.41) is 17.6. The van der Waals surface area contributed by atoms with E-state index in [1.54, 1.807) is 23.0 Å². The number of aryl methyl sites for hydroxylation is 1. The largest absolute Gasteiger partial charge is 0.422 e. The zero-order valence-corrected chi connectivity index (χ0v) is 21.7. The van der Waals surface area contributed by atoms with Crippen LogP contribution in [0.2, 0.25) is 0 Å². The highest BCUT2D eigenvalue weighted by atomic mass is 16.5. The minimum atomic E-state index is -0.334. The summed E-state index contributed by atoms with van der Waals surface area (Å²) in [6, 6.07) is 7.94. The molecule has 2 bridgehead atoms. The summed E-state index contributed by atoms with van der Waals surface area (Å²) in [6.07, 6.45) is 6.50. The van der Waals surface area contributed by atoms with E-state index in [4.69, 9.17) is 14.1 Å². The Hall–Kier alpha value is -4.03. The third kappa shape index (κ3) is 4.49. The maximum absolute atomic E-state index is 13.8. The average Bonchev–Trinajstić information content (AvgIpc) is 3.64. The number of hydrogen-bond donors (Lipinski definition) is 2. The Labute approximate surface area is 224 Å². The number of nitrogens with one attached hydrogen (secondary N) is 1. The molecule has 0 aromatic carbocycles. The molecule has 202 valence electrons. The van der Waals surface area contributed by atoms with Crippen molar-refractivity contribution in [2.75, 3.05) is 41.4 Å². The van der Waals surface area contributed by atoms with Gasteiger partial charge in [0.1, 0.15) is 11.6 Å². The van der Waals surface area contributed by atoms with Gasteiger partial charge in [0.15, 0.2) is 5.58 Å². The van der Waals surface area contributed by atoms with Gasteiger partial charge in [-0.3, -0.25) is 9.48 Å². The molecule has 2 unspecified atom stereocenters. The van der Waals surface area contributed by atoms with Gasteiger partial charge in [-0.05, 0) is 37.8 Å². The lowest BCUT2D eigenvalue weighted by Gasteiger charge is -2.38. The quantitative estimate of drug-likeness (QED) is 0.396. The van der Waals surface area contributed by atoms with Crippen LogP contribution in [0.3, 0.4) is 0 Å². The molecule has 7 heterocycles. The molecule has 3 saturated heterocycles. The predicted molar refractivity (Wildman–Crippen MR) is 144 cm³/mol. The summed E-state index contributed by atoms with van der Waals surface area (Å²) in [5.74, 6) is 0.672. The van der Waals surface area contributed by atoms with Gasteiger partial charge in [-0.15, -0.1) is 0 Å². The molecule has 7 rings (SSSR count). The van der Waals surface area contributed by atoms with Gasteiger partial charge in [-0.2, -0.15) is 10.1 Å². The van der Waals surface area contributed by atoms with Gasteiger partial charge >= 0.3 is 0 Å². The van der Waals surface area contributed by atoms with E-state index in [2.05, 4.69) is 25.3 Å². The zero-order chi connectivity index (χ0) is 26.5. The molecule has 0 radical (unpaired) electrons. The van der Waals surface area contributed by atoms with Crippen molar-refractivity contribution in [3.63, 3.8) is 0 Å². The van der Waals surface area contributed by atoms with Crippen LogP contribution in [0, 0.1) is 0 Å². The average molecular weight is 531 g/mol. The van der Waals surface area contributed by atoms with Crippen molar-refractivity contribution >= 4 is 34.8 Å². The molecule has 3 fully saturated rings. The van der Waals surface area contributed by atoms with Gasteiger partial charge in [-0.25, -0.2) is 9.97 Å². The molecule has 39 heavy (non-hydrogen) atoms. The number of rotatable bonds is 5. The van der Waals surface area contributed by atoms with Crippen molar-refractivity contribution in [2.24, 2.45) is 7.05 Å². The van der Waals surface area contributed by atoms with E-state index >= 15 is 0 Å². The Bertz CT molecular complexity index is 1510. The van der Waals surface area contributed by atoms with E-state index < -0.39 is 0 Å². The van der Waals surface area contributed by atoms with E-state index in [-0.39, 0.29) is 24.1 Å². The molecule has 12 heteroatoms. The Kier molecular flexibility index (Phi) is 5.93. The van der Waals surface area contributed by atoms with Crippen LogP contribution < -0.4 is 15.1 Å². The number of nitrogens with zero attached hydrogens (tertiary/aromatic N) is 7. The number of aliphatic hydroxyl groups is 1. The Morgan fingerprint density at radius 1 is 1.10 bits per heavy atom.